The number of pyridine rings is 1. The predicted molar refractivity (Wildman–Crippen MR) is 83.7 cm³/mol. The first-order chi connectivity index (χ1) is 12.1. The maximum atomic E-state index is 12.5. The second-order valence-corrected chi connectivity index (χ2v) is 6.96. The van der Waals surface area contributed by atoms with Gasteiger partial charge in [0.2, 0.25) is 5.88 Å². The van der Waals surface area contributed by atoms with Crippen molar-refractivity contribution in [1.29, 1.82) is 0 Å². The summed E-state index contributed by atoms with van der Waals surface area (Å²) >= 11 is 0. The summed E-state index contributed by atoms with van der Waals surface area (Å²) in [5, 5.41) is 10.8. The van der Waals surface area contributed by atoms with Crippen molar-refractivity contribution >= 4 is 18.6 Å². The van der Waals surface area contributed by atoms with E-state index in [1.165, 1.54) is 6.07 Å². The monoisotopic (exact) mass is 392 g/mol. The third-order valence-electron chi connectivity index (χ3n) is 3.21. The summed E-state index contributed by atoms with van der Waals surface area (Å²) in [7, 11) is -1.87. The topological polar surface area (TPSA) is 101 Å². The summed E-state index contributed by atoms with van der Waals surface area (Å²) in [6.07, 6.45) is -3.97. The number of halogens is 3. The minimum absolute atomic E-state index is 0.0489. The van der Waals surface area contributed by atoms with Crippen molar-refractivity contribution < 1.29 is 36.4 Å². The number of rotatable bonds is 6. The van der Waals surface area contributed by atoms with E-state index in [9.17, 15) is 27.9 Å². The number of hydrogen-bond donors (Lipinski definition) is 0. The summed E-state index contributed by atoms with van der Waals surface area (Å²) in [5.41, 5.74) is -1.48. The average Bonchev–Trinajstić information content (AvgIpc) is 2.60. The van der Waals surface area contributed by atoms with Gasteiger partial charge >= 0.3 is 13.8 Å². The molecular formula is C14H12F3N2O6P. The van der Waals surface area contributed by atoms with Crippen LogP contribution in [-0.2, 0) is 19.8 Å². The number of nitro groups is 1. The number of alkyl halides is 3. The fourth-order valence-electron chi connectivity index (χ4n) is 1.94. The molecule has 0 amide bonds. The van der Waals surface area contributed by atoms with Crippen molar-refractivity contribution in [3.63, 3.8) is 0 Å². The largest absolute Gasteiger partial charge is 0.439 e. The maximum Gasteiger partial charge on any atom is 0.417 e. The second-order valence-electron chi connectivity index (χ2n) is 4.76. The molecule has 140 valence electrons. The number of nitrogens with zero attached hydrogens (tertiary/aromatic N) is 2. The van der Waals surface area contributed by atoms with Crippen molar-refractivity contribution in [3.05, 3.63) is 52.2 Å². The Kier molecular flexibility index (Phi) is 5.65. The molecule has 0 aliphatic rings. The summed E-state index contributed by atoms with van der Waals surface area (Å²) < 4.78 is 64.8. The Morgan fingerprint density at radius 3 is 2.27 bits per heavy atom. The van der Waals surface area contributed by atoms with Crippen LogP contribution in [-0.4, -0.2) is 24.1 Å². The quantitative estimate of drug-likeness (QED) is 0.417. The number of ether oxygens (including phenoxy) is 1. The van der Waals surface area contributed by atoms with Crippen LogP contribution >= 0.6 is 7.60 Å². The molecule has 0 aliphatic heterocycles. The highest BCUT2D eigenvalue weighted by Gasteiger charge is 2.34. The van der Waals surface area contributed by atoms with E-state index in [0.717, 1.165) is 38.5 Å². The molecule has 0 spiro atoms. The molecule has 0 aliphatic carbocycles. The van der Waals surface area contributed by atoms with Crippen LogP contribution in [0.4, 0.5) is 18.9 Å². The molecule has 12 heteroatoms. The van der Waals surface area contributed by atoms with Crippen LogP contribution in [0.3, 0.4) is 0 Å². The van der Waals surface area contributed by atoms with Gasteiger partial charge in [-0.25, -0.2) is 4.98 Å². The first-order valence-electron chi connectivity index (χ1n) is 6.82. The van der Waals surface area contributed by atoms with Crippen LogP contribution in [0.15, 0.2) is 36.5 Å². The van der Waals surface area contributed by atoms with Gasteiger partial charge in [0, 0.05) is 38.6 Å². The number of aromatic nitrogens is 1. The molecule has 0 bridgehead atoms. The highest BCUT2D eigenvalue weighted by Crippen LogP contribution is 2.48. The molecule has 2 rings (SSSR count). The maximum absolute atomic E-state index is 12.5. The summed E-state index contributed by atoms with van der Waals surface area (Å²) in [4.78, 5) is 13.9. The Bertz CT molecular complexity index is 849. The molecule has 0 saturated heterocycles. The molecule has 8 nitrogen and oxygen atoms in total. The Balaban J connectivity index is 2.39. The van der Waals surface area contributed by atoms with E-state index >= 15 is 0 Å². The first kappa shape index (κ1) is 19.8. The Hall–Kier alpha value is -2.49. The van der Waals surface area contributed by atoms with Crippen molar-refractivity contribution in [2.75, 3.05) is 14.2 Å². The van der Waals surface area contributed by atoms with Crippen LogP contribution < -0.4 is 10.0 Å². The highest BCUT2D eigenvalue weighted by molar-refractivity contribution is 7.62. The molecule has 0 unspecified atom stereocenters. The van der Waals surface area contributed by atoms with Crippen LogP contribution in [0.5, 0.6) is 11.6 Å². The van der Waals surface area contributed by atoms with E-state index in [1.807, 2.05) is 0 Å². The fraction of sp³-hybridized carbons (Fsp3) is 0.214. The first-order valence-corrected chi connectivity index (χ1v) is 8.36. The molecule has 1 aromatic carbocycles. The predicted octanol–water partition coefficient (Wildman–Crippen LogP) is 3.91. The lowest BCUT2D eigenvalue weighted by Gasteiger charge is -2.15. The Morgan fingerprint density at radius 1 is 1.15 bits per heavy atom. The van der Waals surface area contributed by atoms with Gasteiger partial charge in [0.05, 0.1) is 10.5 Å². The van der Waals surface area contributed by atoms with E-state index in [1.54, 1.807) is 0 Å². The van der Waals surface area contributed by atoms with Gasteiger partial charge in [0.15, 0.2) is 0 Å². The smallest absolute Gasteiger partial charge is 0.417 e. The molecule has 0 atom stereocenters. The van der Waals surface area contributed by atoms with E-state index in [-0.39, 0.29) is 16.9 Å². The van der Waals surface area contributed by atoms with Gasteiger partial charge < -0.3 is 13.8 Å². The van der Waals surface area contributed by atoms with Gasteiger partial charge in [-0.15, -0.1) is 0 Å². The van der Waals surface area contributed by atoms with Crippen molar-refractivity contribution in [2.24, 2.45) is 0 Å². The molecule has 0 saturated carbocycles. The molecule has 1 heterocycles. The van der Waals surface area contributed by atoms with E-state index in [4.69, 9.17) is 13.8 Å². The van der Waals surface area contributed by atoms with Gasteiger partial charge in [-0.05, 0) is 12.1 Å². The summed E-state index contributed by atoms with van der Waals surface area (Å²) in [6, 6.07) is 4.99. The van der Waals surface area contributed by atoms with Crippen LogP contribution in [0, 0.1) is 10.1 Å². The SMILES string of the molecule is COP(=O)(OC)c1cc(Oc2ccc(C(F)(F)F)cn2)ccc1[N+](=O)[O-]. The van der Waals surface area contributed by atoms with Crippen molar-refractivity contribution in [1.82, 2.24) is 4.98 Å². The second kappa shape index (κ2) is 7.40. The minimum Gasteiger partial charge on any atom is -0.439 e. The fourth-order valence-corrected chi connectivity index (χ4v) is 3.21. The molecule has 26 heavy (non-hydrogen) atoms. The van der Waals surface area contributed by atoms with Crippen LogP contribution in [0.25, 0.3) is 0 Å². The standard InChI is InChI=1S/C14H12F3N2O6P/c1-23-26(22,24-2)12-7-10(4-5-11(12)19(20)21)25-13-6-3-9(8-18-13)14(15,16)17/h3-8H,1-2H3. The lowest BCUT2D eigenvalue weighted by atomic mass is 10.3. The van der Waals surface area contributed by atoms with Gasteiger partial charge in [-0.1, -0.05) is 0 Å². The molecule has 1 aromatic heterocycles. The van der Waals surface area contributed by atoms with Crippen LogP contribution in [0.2, 0.25) is 0 Å². The normalized spacial score (nSPS) is 12.0. The lowest BCUT2D eigenvalue weighted by molar-refractivity contribution is -0.383. The number of nitro benzene ring substituents is 1. The van der Waals surface area contributed by atoms with Crippen LogP contribution in [0.1, 0.15) is 5.56 Å². The van der Waals surface area contributed by atoms with Gasteiger partial charge in [-0.2, -0.15) is 13.2 Å². The molecule has 2 aromatic rings. The van der Waals surface area contributed by atoms with E-state index in [2.05, 4.69) is 4.98 Å². The summed E-state index contributed by atoms with van der Waals surface area (Å²) in [6.45, 7) is 0. The van der Waals surface area contributed by atoms with Crippen molar-refractivity contribution in [3.8, 4) is 11.6 Å². The zero-order valence-corrected chi connectivity index (χ0v) is 14.3. The molecule has 0 radical (unpaired) electrons. The molecule has 0 N–H and O–H groups in total. The zero-order chi connectivity index (χ0) is 19.5. The number of hydrogen-bond acceptors (Lipinski definition) is 7. The Morgan fingerprint density at radius 2 is 1.81 bits per heavy atom. The number of benzene rings is 1. The van der Waals surface area contributed by atoms with Gasteiger partial charge in [-0.3, -0.25) is 14.7 Å². The third kappa shape index (κ3) is 4.18. The van der Waals surface area contributed by atoms with Gasteiger partial charge in [0.25, 0.3) is 5.69 Å². The van der Waals surface area contributed by atoms with E-state index in [0.29, 0.717) is 6.20 Å². The van der Waals surface area contributed by atoms with Gasteiger partial charge in [0.1, 0.15) is 11.1 Å². The lowest BCUT2D eigenvalue weighted by Crippen LogP contribution is -2.13. The molecular weight excluding hydrogens is 380 g/mol. The van der Waals surface area contributed by atoms with Crippen molar-refractivity contribution in [2.45, 2.75) is 6.18 Å². The Labute approximate surface area is 145 Å². The highest BCUT2D eigenvalue weighted by atomic mass is 31.2. The summed E-state index contributed by atoms with van der Waals surface area (Å²) in [5.74, 6) is -0.241. The van der Waals surface area contributed by atoms with E-state index < -0.39 is 29.9 Å². The third-order valence-corrected chi connectivity index (χ3v) is 5.12. The zero-order valence-electron chi connectivity index (χ0n) is 13.4. The average molecular weight is 392 g/mol. The minimum atomic E-state index is -4.55. The molecule has 0 fully saturated rings.